The Hall–Kier alpha value is -0.820. The smallest absolute Gasteiger partial charge is 0.410 e. The summed E-state index contributed by atoms with van der Waals surface area (Å²) in [7, 11) is -2.96. The molecule has 0 aromatic carbocycles. The van der Waals surface area contributed by atoms with Crippen molar-refractivity contribution >= 4 is 15.9 Å². The van der Waals surface area contributed by atoms with Gasteiger partial charge in [0.25, 0.3) is 0 Å². The lowest BCUT2D eigenvalue weighted by Gasteiger charge is -2.26. The highest BCUT2D eigenvalue weighted by molar-refractivity contribution is 7.90. The molecule has 0 rings (SSSR count). The number of amides is 1. The van der Waals surface area contributed by atoms with E-state index in [4.69, 9.17) is 4.74 Å². The van der Waals surface area contributed by atoms with Gasteiger partial charge in [0.15, 0.2) is 0 Å². The van der Waals surface area contributed by atoms with E-state index in [0.717, 1.165) is 6.42 Å². The van der Waals surface area contributed by atoms with E-state index >= 15 is 0 Å². The van der Waals surface area contributed by atoms with E-state index in [1.54, 1.807) is 4.90 Å². The molecule has 0 bridgehead atoms. The number of rotatable bonds is 8. The van der Waals surface area contributed by atoms with E-state index in [-0.39, 0.29) is 17.9 Å². The van der Waals surface area contributed by atoms with Crippen molar-refractivity contribution in [1.29, 1.82) is 0 Å². The molecule has 21 heavy (non-hydrogen) atoms. The first-order valence-corrected chi connectivity index (χ1v) is 9.39. The van der Waals surface area contributed by atoms with Crippen molar-refractivity contribution in [3.63, 3.8) is 0 Å². The molecule has 0 heterocycles. The number of hydrogen-bond donors (Lipinski definition) is 1. The van der Waals surface area contributed by atoms with Gasteiger partial charge in [0.2, 0.25) is 0 Å². The molecule has 0 aliphatic carbocycles. The van der Waals surface area contributed by atoms with E-state index in [1.807, 2.05) is 34.6 Å². The zero-order valence-corrected chi connectivity index (χ0v) is 14.9. The number of sulfone groups is 1. The molecule has 0 aliphatic heterocycles. The quantitative estimate of drug-likeness (QED) is 0.688. The topological polar surface area (TPSA) is 75.7 Å². The minimum absolute atomic E-state index is 0.0865. The Kier molecular flexibility index (Phi) is 8.25. The normalized spacial score (nSPS) is 13.8. The predicted molar refractivity (Wildman–Crippen MR) is 85.3 cm³/mol. The largest absolute Gasteiger partial charge is 0.444 e. The van der Waals surface area contributed by atoms with Crippen LogP contribution in [0.1, 0.15) is 41.0 Å². The first-order chi connectivity index (χ1) is 9.44. The summed E-state index contributed by atoms with van der Waals surface area (Å²) in [5.41, 5.74) is -0.493. The molecule has 7 heteroatoms. The summed E-state index contributed by atoms with van der Waals surface area (Å²) < 4.78 is 27.6. The van der Waals surface area contributed by atoms with E-state index in [1.165, 1.54) is 6.26 Å². The zero-order valence-electron chi connectivity index (χ0n) is 14.1. The fourth-order valence-corrected chi connectivity index (χ4v) is 2.86. The van der Waals surface area contributed by atoms with Crippen LogP contribution in [-0.2, 0) is 14.6 Å². The van der Waals surface area contributed by atoms with Gasteiger partial charge in [-0.25, -0.2) is 13.2 Å². The third-order valence-corrected chi connectivity index (χ3v) is 3.79. The molecule has 126 valence electrons. The van der Waals surface area contributed by atoms with Gasteiger partial charge < -0.3 is 15.0 Å². The lowest BCUT2D eigenvalue weighted by Crippen LogP contribution is -2.39. The molecule has 0 saturated heterocycles. The van der Waals surface area contributed by atoms with Crippen LogP contribution < -0.4 is 5.32 Å². The third-order valence-electron chi connectivity index (χ3n) is 2.68. The Bertz CT molecular complexity index is 415. The second kappa shape index (κ2) is 8.58. The SMILES string of the molecule is CCN(CCCNC(C)CS(C)(=O)=O)C(=O)OC(C)(C)C. The summed E-state index contributed by atoms with van der Waals surface area (Å²) in [6.45, 7) is 11.1. The van der Waals surface area contributed by atoms with Crippen LogP contribution in [0.15, 0.2) is 0 Å². The summed E-state index contributed by atoms with van der Waals surface area (Å²) in [6.07, 6.45) is 1.67. The molecule has 0 aromatic rings. The Balaban J connectivity index is 4.05. The molecular weight excluding hydrogens is 292 g/mol. The van der Waals surface area contributed by atoms with Crippen LogP contribution in [0.5, 0.6) is 0 Å². The van der Waals surface area contributed by atoms with Crippen LogP contribution in [0.2, 0.25) is 0 Å². The van der Waals surface area contributed by atoms with Gasteiger partial charge in [0.05, 0.1) is 5.75 Å². The maximum Gasteiger partial charge on any atom is 0.410 e. The minimum Gasteiger partial charge on any atom is -0.444 e. The molecule has 0 saturated carbocycles. The Morgan fingerprint density at radius 1 is 1.33 bits per heavy atom. The molecule has 1 N–H and O–H groups in total. The fraction of sp³-hybridized carbons (Fsp3) is 0.929. The molecule has 1 atom stereocenters. The van der Waals surface area contributed by atoms with Gasteiger partial charge in [0, 0.05) is 25.4 Å². The number of nitrogens with zero attached hydrogens (tertiary/aromatic N) is 1. The average molecular weight is 322 g/mol. The molecule has 1 unspecified atom stereocenters. The monoisotopic (exact) mass is 322 g/mol. The van der Waals surface area contributed by atoms with E-state index < -0.39 is 15.4 Å². The van der Waals surface area contributed by atoms with Gasteiger partial charge in [-0.05, 0) is 47.6 Å². The van der Waals surface area contributed by atoms with Crippen molar-refractivity contribution in [1.82, 2.24) is 10.2 Å². The third kappa shape index (κ3) is 11.5. The Labute approximate surface area is 129 Å². The zero-order chi connectivity index (χ0) is 16.7. The summed E-state index contributed by atoms with van der Waals surface area (Å²) in [6, 6.07) is -0.0865. The maximum atomic E-state index is 11.9. The molecule has 0 aliphatic rings. The molecular formula is C14H30N2O4S. The molecule has 0 fully saturated rings. The van der Waals surface area contributed by atoms with Crippen LogP contribution >= 0.6 is 0 Å². The fourth-order valence-electron chi connectivity index (χ4n) is 1.84. The van der Waals surface area contributed by atoms with Crippen molar-refractivity contribution in [2.75, 3.05) is 31.6 Å². The lowest BCUT2D eigenvalue weighted by atomic mass is 10.2. The van der Waals surface area contributed by atoms with Crippen LogP contribution in [0.3, 0.4) is 0 Å². The van der Waals surface area contributed by atoms with Gasteiger partial charge in [-0.1, -0.05) is 0 Å². The van der Waals surface area contributed by atoms with Gasteiger partial charge in [-0.3, -0.25) is 0 Å². The minimum atomic E-state index is -2.96. The summed E-state index contributed by atoms with van der Waals surface area (Å²) in [5, 5.41) is 3.15. The molecule has 0 spiro atoms. The van der Waals surface area contributed by atoms with Crippen molar-refractivity contribution < 1.29 is 17.9 Å². The highest BCUT2D eigenvalue weighted by Gasteiger charge is 2.20. The number of nitrogens with one attached hydrogen (secondary N) is 1. The molecule has 0 radical (unpaired) electrons. The highest BCUT2D eigenvalue weighted by atomic mass is 32.2. The Morgan fingerprint density at radius 3 is 2.33 bits per heavy atom. The van der Waals surface area contributed by atoms with Gasteiger partial charge in [0.1, 0.15) is 15.4 Å². The average Bonchev–Trinajstić information content (AvgIpc) is 2.23. The molecule has 6 nitrogen and oxygen atoms in total. The summed E-state index contributed by atoms with van der Waals surface area (Å²) in [4.78, 5) is 13.6. The number of carbonyl (C=O) groups excluding carboxylic acids is 1. The van der Waals surface area contributed by atoms with E-state index in [9.17, 15) is 13.2 Å². The van der Waals surface area contributed by atoms with Gasteiger partial charge >= 0.3 is 6.09 Å². The lowest BCUT2D eigenvalue weighted by molar-refractivity contribution is 0.0258. The predicted octanol–water partition coefficient (Wildman–Crippen LogP) is 1.66. The Morgan fingerprint density at radius 2 is 1.90 bits per heavy atom. The number of hydrogen-bond acceptors (Lipinski definition) is 5. The van der Waals surface area contributed by atoms with E-state index in [2.05, 4.69) is 5.32 Å². The van der Waals surface area contributed by atoms with Gasteiger partial charge in [-0.15, -0.1) is 0 Å². The summed E-state index contributed by atoms with van der Waals surface area (Å²) in [5.74, 6) is 0.122. The van der Waals surface area contributed by atoms with Crippen molar-refractivity contribution in [3.05, 3.63) is 0 Å². The summed E-state index contributed by atoms with van der Waals surface area (Å²) >= 11 is 0. The van der Waals surface area contributed by atoms with E-state index in [0.29, 0.717) is 19.6 Å². The van der Waals surface area contributed by atoms with Crippen LogP contribution in [0.25, 0.3) is 0 Å². The van der Waals surface area contributed by atoms with Crippen molar-refractivity contribution in [2.45, 2.75) is 52.7 Å². The first-order valence-electron chi connectivity index (χ1n) is 7.33. The highest BCUT2D eigenvalue weighted by Crippen LogP contribution is 2.10. The van der Waals surface area contributed by atoms with Crippen molar-refractivity contribution in [3.8, 4) is 0 Å². The van der Waals surface area contributed by atoms with Crippen LogP contribution in [0.4, 0.5) is 4.79 Å². The molecule has 1 amide bonds. The molecule has 0 aromatic heterocycles. The maximum absolute atomic E-state index is 11.9. The van der Waals surface area contributed by atoms with Crippen molar-refractivity contribution in [2.24, 2.45) is 0 Å². The standard InChI is InChI=1S/C14H30N2O4S/c1-7-16(13(17)20-14(3,4)5)10-8-9-15-12(2)11-21(6,18)19/h12,15H,7-11H2,1-6H3. The van der Waals surface area contributed by atoms with Crippen LogP contribution in [-0.4, -0.2) is 62.7 Å². The van der Waals surface area contributed by atoms with Gasteiger partial charge in [-0.2, -0.15) is 0 Å². The second-order valence-electron chi connectivity index (χ2n) is 6.36. The number of carbonyl (C=O) groups is 1. The van der Waals surface area contributed by atoms with Crippen LogP contribution in [0, 0.1) is 0 Å². The number of ether oxygens (including phenoxy) is 1. The second-order valence-corrected chi connectivity index (χ2v) is 8.55. The first kappa shape index (κ1) is 20.2.